The molecule has 0 amide bonds. The van der Waals surface area contributed by atoms with Gasteiger partial charge in [0.15, 0.2) is 0 Å². The Morgan fingerprint density at radius 2 is 1.83 bits per heavy atom. The van der Waals surface area contributed by atoms with E-state index in [2.05, 4.69) is 4.18 Å². The maximum absolute atomic E-state index is 11.7. The third-order valence-electron chi connectivity index (χ3n) is 2.20. The van der Waals surface area contributed by atoms with Crippen molar-refractivity contribution in [3.8, 4) is 0 Å². The zero-order valence-corrected chi connectivity index (χ0v) is 11.6. The molecule has 7 heteroatoms. The Balaban J connectivity index is 0.00000289. The molecule has 1 aromatic carbocycles. The lowest BCUT2D eigenvalue weighted by Gasteiger charge is -2.08. The number of carbonyl (C=O) groups is 1. The summed E-state index contributed by atoms with van der Waals surface area (Å²) in [6.45, 7) is 2.85. The van der Waals surface area contributed by atoms with Gasteiger partial charge < -0.3 is 5.11 Å². The molecule has 5 nitrogen and oxygen atoms in total. The van der Waals surface area contributed by atoms with Crippen molar-refractivity contribution in [2.75, 3.05) is 6.61 Å². The minimum Gasteiger partial charge on any atom is -0.481 e. The molecule has 1 unspecified atom stereocenters. The summed E-state index contributed by atoms with van der Waals surface area (Å²) in [6.07, 6.45) is 0. The summed E-state index contributed by atoms with van der Waals surface area (Å²) in [7, 11) is -3.87. The first-order valence-electron chi connectivity index (χ1n) is 5.02. The fraction of sp³-hybridized carbons (Fsp3) is 0.364. The van der Waals surface area contributed by atoms with Crippen LogP contribution in [0.3, 0.4) is 0 Å². The highest BCUT2D eigenvalue weighted by atomic mass is 35.5. The summed E-state index contributed by atoms with van der Waals surface area (Å²) >= 11 is 0. The van der Waals surface area contributed by atoms with Gasteiger partial charge in [0.05, 0.1) is 17.4 Å². The highest BCUT2D eigenvalue weighted by molar-refractivity contribution is 7.86. The number of benzene rings is 1. The summed E-state index contributed by atoms with van der Waals surface area (Å²) in [4.78, 5) is 10.6. The van der Waals surface area contributed by atoms with Crippen molar-refractivity contribution >= 4 is 28.5 Å². The van der Waals surface area contributed by atoms with Crippen LogP contribution in [-0.4, -0.2) is 26.1 Å². The molecule has 0 fully saturated rings. The van der Waals surface area contributed by atoms with E-state index in [0.29, 0.717) is 0 Å². The molecule has 102 valence electrons. The normalized spacial score (nSPS) is 12.6. The van der Waals surface area contributed by atoms with Gasteiger partial charge in [-0.05, 0) is 26.0 Å². The van der Waals surface area contributed by atoms with Crippen LogP contribution in [0.4, 0.5) is 0 Å². The van der Waals surface area contributed by atoms with Crippen molar-refractivity contribution in [1.29, 1.82) is 0 Å². The second-order valence-corrected chi connectivity index (χ2v) is 5.41. The first-order chi connectivity index (χ1) is 7.83. The first kappa shape index (κ1) is 16.9. The van der Waals surface area contributed by atoms with Crippen molar-refractivity contribution in [1.82, 2.24) is 0 Å². The smallest absolute Gasteiger partial charge is 0.308 e. The van der Waals surface area contributed by atoms with Gasteiger partial charge in [-0.15, -0.1) is 12.4 Å². The Labute approximate surface area is 112 Å². The van der Waals surface area contributed by atoms with Crippen LogP contribution in [-0.2, 0) is 19.1 Å². The van der Waals surface area contributed by atoms with Crippen LogP contribution in [0.25, 0.3) is 0 Å². The first-order valence-corrected chi connectivity index (χ1v) is 6.42. The van der Waals surface area contributed by atoms with Gasteiger partial charge in [0.2, 0.25) is 0 Å². The van der Waals surface area contributed by atoms with Gasteiger partial charge in [0.1, 0.15) is 0 Å². The maximum Gasteiger partial charge on any atom is 0.308 e. The van der Waals surface area contributed by atoms with Crippen molar-refractivity contribution in [3.05, 3.63) is 29.8 Å². The molecule has 0 heterocycles. The third-order valence-corrected chi connectivity index (χ3v) is 3.50. The highest BCUT2D eigenvalue weighted by Crippen LogP contribution is 2.14. The molecular weight excluding hydrogens is 280 g/mol. The van der Waals surface area contributed by atoms with Crippen LogP contribution in [0.1, 0.15) is 12.5 Å². The minimum absolute atomic E-state index is 0. The van der Waals surface area contributed by atoms with Gasteiger partial charge in [-0.25, -0.2) is 0 Å². The number of rotatable bonds is 5. The number of halogens is 1. The summed E-state index contributed by atoms with van der Waals surface area (Å²) < 4.78 is 28.0. The Kier molecular flexibility index (Phi) is 6.31. The van der Waals surface area contributed by atoms with E-state index in [4.69, 9.17) is 5.11 Å². The van der Waals surface area contributed by atoms with Crippen molar-refractivity contribution in [3.63, 3.8) is 0 Å². The molecule has 1 aromatic rings. The van der Waals surface area contributed by atoms with E-state index in [9.17, 15) is 13.2 Å². The second kappa shape index (κ2) is 6.72. The summed E-state index contributed by atoms with van der Waals surface area (Å²) in [6, 6.07) is 6.15. The van der Waals surface area contributed by atoms with E-state index >= 15 is 0 Å². The second-order valence-electron chi connectivity index (χ2n) is 3.79. The quantitative estimate of drug-likeness (QED) is 0.838. The van der Waals surface area contributed by atoms with E-state index < -0.39 is 22.0 Å². The number of aryl methyl sites for hydroxylation is 1. The molecule has 0 aliphatic heterocycles. The molecule has 1 atom stereocenters. The number of carboxylic acid groups (broad SMARTS) is 1. The van der Waals surface area contributed by atoms with Crippen LogP contribution in [0.15, 0.2) is 29.2 Å². The van der Waals surface area contributed by atoms with Crippen molar-refractivity contribution < 1.29 is 22.5 Å². The van der Waals surface area contributed by atoms with E-state index in [0.717, 1.165) is 5.56 Å². The van der Waals surface area contributed by atoms with Gasteiger partial charge in [0.25, 0.3) is 10.1 Å². The average Bonchev–Trinajstić information content (AvgIpc) is 2.26. The van der Waals surface area contributed by atoms with E-state index in [1.807, 2.05) is 6.92 Å². The molecular formula is C11H15ClO5S. The zero-order valence-electron chi connectivity index (χ0n) is 9.99. The average molecular weight is 295 g/mol. The topological polar surface area (TPSA) is 80.7 Å². The van der Waals surface area contributed by atoms with E-state index in [1.165, 1.54) is 19.1 Å². The van der Waals surface area contributed by atoms with Gasteiger partial charge in [-0.1, -0.05) is 17.7 Å². The Bertz CT molecular complexity index is 495. The molecule has 0 aliphatic carbocycles. The van der Waals surface area contributed by atoms with Crippen molar-refractivity contribution in [2.24, 2.45) is 5.92 Å². The summed E-state index contributed by atoms with van der Waals surface area (Å²) in [5.74, 6) is -1.96. The third kappa shape index (κ3) is 4.64. The molecule has 1 N–H and O–H groups in total. The van der Waals surface area contributed by atoms with Crippen molar-refractivity contribution in [2.45, 2.75) is 18.7 Å². The Morgan fingerprint density at radius 1 is 1.33 bits per heavy atom. The lowest BCUT2D eigenvalue weighted by molar-refractivity contribution is -0.141. The maximum atomic E-state index is 11.7. The van der Waals surface area contributed by atoms with Crippen LogP contribution >= 0.6 is 12.4 Å². The van der Waals surface area contributed by atoms with Crippen LogP contribution in [0.5, 0.6) is 0 Å². The van der Waals surface area contributed by atoms with Gasteiger partial charge in [-0.3, -0.25) is 8.98 Å². The molecule has 18 heavy (non-hydrogen) atoms. The molecule has 0 bridgehead atoms. The SMILES string of the molecule is Cc1ccc(S(=O)(=O)OCC(C)C(=O)O)cc1.Cl. The summed E-state index contributed by atoms with van der Waals surface area (Å²) in [5.41, 5.74) is 0.933. The monoisotopic (exact) mass is 294 g/mol. The molecule has 0 spiro atoms. The molecule has 1 rings (SSSR count). The summed E-state index contributed by atoms with van der Waals surface area (Å²) in [5, 5.41) is 8.61. The number of carboxylic acids is 1. The Morgan fingerprint density at radius 3 is 2.28 bits per heavy atom. The number of hydrogen-bond donors (Lipinski definition) is 1. The Hall–Kier alpha value is -1.11. The lowest BCUT2D eigenvalue weighted by Crippen LogP contribution is -2.19. The zero-order chi connectivity index (χ0) is 13.1. The van der Waals surface area contributed by atoms with E-state index in [1.54, 1.807) is 12.1 Å². The van der Waals surface area contributed by atoms with Crippen LogP contribution < -0.4 is 0 Å². The lowest BCUT2D eigenvalue weighted by atomic mass is 10.2. The predicted octanol–water partition coefficient (Wildman–Crippen LogP) is 1.84. The largest absolute Gasteiger partial charge is 0.481 e. The fourth-order valence-corrected chi connectivity index (χ4v) is 2.02. The molecule has 0 radical (unpaired) electrons. The molecule has 0 saturated carbocycles. The molecule has 0 saturated heterocycles. The van der Waals surface area contributed by atoms with E-state index in [-0.39, 0.29) is 23.9 Å². The molecule has 0 aromatic heterocycles. The van der Waals surface area contributed by atoms with Crippen LogP contribution in [0.2, 0.25) is 0 Å². The van der Waals surface area contributed by atoms with Gasteiger partial charge in [0, 0.05) is 0 Å². The molecule has 0 aliphatic rings. The fourth-order valence-electron chi connectivity index (χ4n) is 1.04. The van der Waals surface area contributed by atoms with Gasteiger partial charge >= 0.3 is 5.97 Å². The van der Waals surface area contributed by atoms with Gasteiger partial charge in [-0.2, -0.15) is 8.42 Å². The minimum atomic E-state index is -3.87. The standard InChI is InChI=1S/C11H14O5S.ClH/c1-8-3-5-10(6-4-8)17(14,15)16-7-9(2)11(12)13;/h3-6,9H,7H2,1-2H3,(H,12,13);1H. The predicted molar refractivity (Wildman–Crippen MR) is 68.4 cm³/mol. The number of aliphatic carboxylic acids is 1. The highest BCUT2D eigenvalue weighted by Gasteiger charge is 2.19. The number of hydrogen-bond acceptors (Lipinski definition) is 4. The van der Waals surface area contributed by atoms with Crippen LogP contribution in [0, 0.1) is 12.8 Å².